The number of hydrogen-bond donors (Lipinski definition) is 3. The van der Waals surface area contributed by atoms with Crippen molar-refractivity contribution in [3.63, 3.8) is 0 Å². The molecule has 1 fully saturated rings. The minimum absolute atomic E-state index is 0.175. The summed E-state index contributed by atoms with van der Waals surface area (Å²) in [6.45, 7) is 4.86. The van der Waals surface area contributed by atoms with Crippen molar-refractivity contribution in [1.29, 1.82) is 0 Å². The number of unbranched alkanes of at least 4 members (excludes halogenated alkanes) is 1. The fraction of sp³-hybridized carbons (Fsp3) is 0.846. The maximum atomic E-state index is 12.0. The molecule has 0 bridgehead atoms. The predicted octanol–water partition coefficient (Wildman–Crippen LogP) is 1.13. The fourth-order valence-electron chi connectivity index (χ4n) is 2.33. The first-order chi connectivity index (χ1) is 8.56. The van der Waals surface area contributed by atoms with E-state index < -0.39 is 12.0 Å². The lowest BCUT2D eigenvalue weighted by molar-refractivity contribution is -0.142. The van der Waals surface area contributed by atoms with Crippen LogP contribution in [0.3, 0.4) is 0 Å². The van der Waals surface area contributed by atoms with Crippen LogP contribution < -0.4 is 10.6 Å². The number of nitrogens with one attached hydrogen (secondary N) is 2. The van der Waals surface area contributed by atoms with E-state index in [0.29, 0.717) is 6.42 Å². The van der Waals surface area contributed by atoms with Crippen molar-refractivity contribution < 1.29 is 14.7 Å². The Morgan fingerprint density at radius 2 is 2.22 bits per heavy atom. The van der Waals surface area contributed by atoms with Gasteiger partial charge in [0.2, 0.25) is 5.91 Å². The first-order valence-electron chi connectivity index (χ1n) is 6.82. The molecule has 18 heavy (non-hydrogen) atoms. The maximum absolute atomic E-state index is 12.0. The summed E-state index contributed by atoms with van der Waals surface area (Å²) < 4.78 is 0. The second-order valence-electron chi connectivity index (χ2n) is 5.09. The van der Waals surface area contributed by atoms with Crippen LogP contribution >= 0.6 is 0 Å². The zero-order valence-electron chi connectivity index (χ0n) is 11.2. The highest BCUT2D eigenvalue weighted by molar-refractivity contribution is 5.87. The normalized spacial score (nSPS) is 25.4. The number of carboxylic acids is 1. The highest BCUT2D eigenvalue weighted by Gasteiger charge is 2.30. The first kappa shape index (κ1) is 15.0. The van der Waals surface area contributed by atoms with Gasteiger partial charge in [0.05, 0.1) is 6.04 Å². The second kappa shape index (κ2) is 7.36. The molecule has 3 atom stereocenters. The summed E-state index contributed by atoms with van der Waals surface area (Å²) in [5.74, 6) is -0.856. The molecule has 1 heterocycles. The van der Waals surface area contributed by atoms with Crippen molar-refractivity contribution >= 4 is 11.9 Å². The molecule has 5 nitrogen and oxygen atoms in total. The van der Waals surface area contributed by atoms with Gasteiger partial charge in [0.15, 0.2) is 0 Å². The lowest BCUT2D eigenvalue weighted by atomic mass is 9.92. The Morgan fingerprint density at radius 3 is 2.78 bits per heavy atom. The van der Waals surface area contributed by atoms with Crippen LogP contribution in [0.15, 0.2) is 0 Å². The lowest BCUT2D eigenvalue weighted by Gasteiger charge is -2.30. The Morgan fingerprint density at radius 1 is 1.50 bits per heavy atom. The Kier molecular flexibility index (Phi) is 6.12. The number of aliphatic carboxylic acids is 1. The summed E-state index contributed by atoms with van der Waals surface area (Å²) >= 11 is 0. The van der Waals surface area contributed by atoms with Gasteiger partial charge in [0.1, 0.15) is 6.04 Å². The molecule has 0 aliphatic carbocycles. The van der Waals surface area contributed by atoms with E-state index >= 15 is 0 Å². The van der Waals surface area contributed by atoms with E-state index in [9.17, 15) is 9.59 Å². The molecule has 1 aliphatic rings. The van der Waals surface area contributed by atoms with Crippen molar-refractivity contribution in [1.82, 2.24) is 10.6 Å². The van der Waals surface area contributed by atoms with Gasteiger partial charge in [0, 0.05) is 0 Å². The van der Waals surface area contributed by atoms with Crippen LogP contribution in [-0.2, 0) is 9.59 Å². The monoisotopic (exact) mass is 256 g/mol. The quantitative estimate of drug-likeness (QED) is 0.666. The van der Waals surface area contributed by atoms with Crippen LogP contribution in [0.25, 0.3) is 0 Å². The Labute approximate surface area is 108 Å². The van der Waals surface area contributed by atoms with Crippen LogP contribution in [0.4, 0.5) is 0 Å². The molecule has 3 N–H and O–H groups in total. The largest absolute Gasteiger partial charge is 0.480 e. The third-order valence-electron chi connectivity index (χ3n) is 3.51. The average molecular weight is 256 g/mol. The van der Waals surface area contributed by atoms with E-state index in [-0.39, 0.29) is 17.9 Å². The Hall–Kier alpha value is -1.10. The number of piperidine rings is 1. The molecular weight excluding hydrogens is 232 g/mol. The molecule has 104 valence electrons. The summed E-state index contributed by atoms with van der Waals surface area (Å²) in [6.07, 6.45) is 4.32. The zero-order chi connectivity index (χ0) is 13.5. The molecule has 0 radical (unpaired) electrons. The third-order valence-corrected chi connectivity index (χ3v) is 3.51. The van der Waals surface area contributed by atoms with E-state index in [1.807, 2.05) is 13.8 Å². The maximum Gasteiger partial charge on any atom is 0.326 e. The summed E-state index contributed by atoms with van der Waals surface area (Å²) in [7, 11) is 0. The molecule has 0 saturated carbocycles. The van der Waals surface area contributed by atoms with Crippen molar-refractivity contribution in [3.05, 3.63) is 0 Å². The molecule has 3 unspecified atom stereocenters. The van der Waals surface area contributed by atoms with Crippen LogP contribution in [0, 0.1) is 5.92 Å². The van der Waals surface area contributed by atoms with Crippen LogP contribution in [-0.4, -0.2) is 35.6 Å². The van der Waals surface area contributed by atoms with Gasteiger partial charge in [-0.15, -0.1) is 0 Å². The molecule has 0 aromatic rings. The second-order valence-corrected chi connectivity index (χ2v) is 5.09. The van der Waals surface area contributed by atoms with Crippen molar-refractivity contribution in [3.8, 4) is 0 Å². The van der Waals surface area contributed by atoms with E-state index in [2.05, 4.69) is 10.6 Å². The summed E-state index contributed by atoms with van der Waals surface area (Å²) in [6, 6.07) is -1.00. The molecule has 0 aromatic heterocycles. The van der Waals surface area contributed by atoms with Gasteiger partial charge in [-0.1, -0.05) is 26.7 Å². The average Bonchev–Trinajstić information content (AvgIpc) is 2.34. The van der Waals surface area contributed by atoms with Gasteiger partial charge in [-0.05, 0) is 31.7 Å². The molecule has 1 saturated heterocycles. The SMILES string of the molecule is CCCCC(NC(=O)C1NCCCC1C)C(=O)O. The number of carboxylic acid groups (broad SMARTS) is 1. The summed E-state index contributed by atoms with van der Waals surface area (Å²) in [4.78, 5) is 23.1. The number of carbonyl (C=O) groups excluding carboxylic acids is 1. The molecule has 1 amide bonds. The van der Waals surface area contributed by atoms with Gasteiger partial charge in [-0.25, -0.2) is 4.79 Å². The minimum atomic E-state index is -0.944. The van der Waals surface area contributed by atoms with Crippen molar-refractivity contribution in [2.75, 3.05) is 6.54 Å². The highest BCUT2D eigenvalue weighted by Crippen LogP contribution is 2.16. The highest BCUT2D eigenvalue weighted by atomic mass is 16.4. The summed E-state index contributed by atoms with van der Waals surface area (Å²) in [5, 5.41) is 14.9. The van der Waals surface area contributed by atoms with E-state index in [0.717, 1.165) is 32.2 Å². The van der Waals surface area contributed by atoms with Crippen molar-refractivity contribution in [2.45, 2.75) is 58.0 Å². The smallest absolute Gasteiger partial charge is 0.326 e. The van der Waals surface area contributed by atoms with Gasteiger partial charge >= 0.3 is 5.97 Å². The molecule has 1 rings (SSSR count). The van der Waals surface area contributed by atoms with Gasteiger partial charge in [0.25, 0.3) is 0 Å². The molecule has 0 aromatic carbocycles. The number of amides is 1. The van der Waals surface area contributed by atoms with E-state index in [1.54, 1.807) is 0 Å². The minimum Gasteiger partial charge on any atom is -0.480 e. The molecule has 0 spiro atoms. The fourth-order valence-corrected chi connectivity index (χ4v) is 2.33. The molecule has 1 aliphatic heterocycles. The number of hydrogen-bond acceptors (Lipinski definition) is 3. The van der Waals surface area contributed by atoms with Gasteiger partial charge in [-0.3, -0.25) is 4.79 Å². The first-order valence-corrected chi connectivity index (χ1v) is 6.82. The zero-order valence-corrected chi connectivity index (χ0v) is 11.2. The molecule has 5 heteroatoms. The van der Waals surface area contributed by atoms with E-state index in [4.69, 9.17) is 5.11 Å². The lowest BCUT2D eigenvalue weighted by Crippen LogP contribution is -2.54. The molecular formula is C13H24N2O3. The van der Waals surface area contributed by atoms with Gasteiger partial charge < -0.3 is 15.7 Å². The van der Waals surface area contributed by atoms with Crippen LogP contribution in [0.1, 0.15) is 46.0 Å². The van der Waals surface area contributed by atoms with Crippen LogP contribution in [0.5, 0.6) is 0 Å². The predicted molar refractivity (Wildman–Crippen MR) is 69.3 cm³/mol. The standard InChI is InChI=1S/C13H24N2O3/c1-3-4-7-10(13(17)18)15-12(16)11-9(2)6-5-8-14-11/h9-11,14H,3-8H2,1-2H3,(H,15,16)(H,17,18). The number of carbonyl (C=O) groups is 2. The Balaban J connectivity index is 2.51. The van der Waals surface area contributed by atoms with Gasteiger partial charge in [-0.2, -0.15) is 0 Å². The van der Waals surface area contributed by atoms with Crippen molar-refractivity contribution in [2.24, 2.45) is 5.92 Å². The number of rotatable bonds is 6. The van der Waals surface area contributed by atoms with E-state index in [1.165, 1.54) is 0 Å². The van der Waals surface area contributed by atoms with Crippen LogP contribution in [0.2, 0.25) is 0 Å². The topological polar surface area (TPSA) is 78.4 Å². The Bertz CT molecular complexity index is 294. The summed E-state index contributed by atoms with van der Waals surface area (Å²) in [5.41, 5.74) is 0. The third kappa shape index (κ3) is 4.29.